The zero-order valence-corrected chi connectivity index (χ0v) is 17.0. The third kappa shape index (κ3) is 3.28. The lowest BCUT2D eigenvalue weighted by Crippen LogP contribution is -2.28. The summed E-state index contributed by atoms with van der Waals surface area (Å²) in [5.74, 6) is 0.368. The molecule has 0 aliphatic carbocycles. The van der Waals surface area contributed by atoms with Crippen LogP contribution < -0.4 is 10.2 Å². The third-order valence-corrected chi connectivity index (χ3v) is 4.95. The second-order valence-corrected chi connectivity index (χ2v) is 7.95. The van der Waals surface area contributed by atoms with Gasteiger partial charge in [-0.1, -0.05) is 30.4 Å². The van der Waals surface area contributed by atoms with Crippen LogP contribution in [0.15, 0.2) is 64.0 Å². The minimum Gasteiger partial charge on any atom is -0.508 e. The molecule has 2 N–H and O–H groups in total. The molecule has 1 aliphatic heterocycles. The van der Waals surface area contributed by atoms with Crippen LogP contribution in [0, 0.1) is 0 Å². The van der Waals surface area contributed by atoms with Gasteiger partial charge in [-0.3, -0.25) is 4.79 Å². The fourth-order valence-corrected chi connectivity index (χ4v) is 3.43. The van der Waals surface area contributed by atoms with E-state index in [2.05, 4.69) is 6.58 Å². The lowest BCUT2D eigenvalue weighted by Gasteiger charge is -2.29. The number of hydrogen-bond donors (Lipinski definition) is 2. The Bertz CT molecular complexity index is 1290. The van der Waals surface area contributed by atoms with Gasteiger partial charge in [0.05, 0.1) is 16.7 Å². The largest absolute Gasteiger partial charge is 0.508 e. The summed E-state index contributed by atoms with van der Waals surface area (Å²) < 4.78 is 12.0. The molecule has 0 amide bonds. The van der Waals surface area contributed by atoms with E-state index < -0.39 is 5.60 Å². The summed E-state index contributed by atoms with van der Waals surface area (Å²) in [6, 6.07) is 6.31. The Morgan fingerprint density at radius 3 is 2.53 bits per heavy atom. The molecule has 30 heavy (non-hydrogen) atoms. The van der Waals surface area contributed by atoms with Crippen molar-refractivity contribution < 1.29 is 19.4 Å². The smallest absolute Gasteiger partial charge is 0.204 e. The van der Waals surface area contributed by atoms with E-state index in [9.17, 15) is 15.0 Å². The number of ether oxygens (including phenoxy) is 1. The maximum absolute atomic E-state index is 13.5. The van der Waals surface area contributed by atoms with Gasteiger partial charge in [-0.2, -0.15) is 0 Å². The fraction of sp³-hybridized carbons (Fsp3) is 0.160. The van der Waals surface area contributed by atoms with Crippen molar-refractivity contribution >= 4 is 23.1 Å². The van der Waals surface area contributed by atoms with Crippen LogP contribution in [-0.2, 0) is 0 Å². The molecule has 0 unspecified atom stereocenters. The molecule has 1 aromatic heterocycles. The minimum absolute atomic E-state index is 0.0257. The molecule has 2 heterocycles. The number of benzene rings is 2. The van der Waals surface area contributed by atoms with E-state index in [1.54, 1.807) is 30.4 Å². The predicted molar refractivity (Wildman–Crippen MR) is 119 cm³/mol. The Kier molecular flexibility index (Phi) is 4.54. The van der Waals surface area contributed by atoms with Crippen LogP contribution >= 0.6 is 0 Å². The summed E-state index contributed by atoms with van der Waals surface area (Å²) in [6.07, 6.45) is 8.38. The maximum Gasteiger partial charge on any atom is 0.204 e. The Morgan fingerprint density at radius 1 is 1.17 bits per heavy atom. The van der Waals surface area contributed by atoms with Crippen molar-refractivity contribution in [3.63, 3.8) is 0 Å². The molecule has 2 aromatic carbocycles. The van der Waals surface area contributed by atoms with Crippen LogP contribution in [0.25, 0.3) is 34.2 Å². The number of allylic oxidation sites excluding steroid dienone is 2. The van der Waals surface area contributed by atoms with E-state index in [4.69, 9.17) is 9.15 Å². The summed E-state index contributed by atoms with van der Waals surface area (Å²) >= 11 is 0. The first-order chi connectivity index (χ1) is 14.2. The standard InChI is InChI=1S/C25H22O5/c1-14(2)5-10-17-21(27)18-11-12-25(3,4)30-24(18)20-22(28)19(13-29-23(17)20)15-6-8-16(26)9-7-15/h5-13,26-27H,1H2,2-4H3. The molecule has 0 atom stereocenters. The van der Waals surface area contributed by atoms with Crippen LogP contribution in [-0.4, -0.2) is 15.8 Å². The van der Waals surface area contributed by atoms with Gasteiger partial charge in [0.25, 0.3) is 0 Å². The van der Waals surface area contributed by atoms with Gasteiger partial charge in [0.1, 0.15) is 34.5 Å². The van der Waals surface area contributed by atoms with Crippen LogP contribution in [0.1, 0.15) is 31.9 Å². The van der Waals surface area contributed by atoms with E-state index in [-0.39, 0.29) is 33.6 Å². The van der Waals surface area contributed by atoms with Crippen molar-refractivity contribution in [1.82, 2.24) is 0 Å². The Balaban J connectivity index is 2.10. The van der Waals surface area contributed by atoms with Crippen LogP contribution in [0.2, 0.25) is 0 Å². The highest BCUT2D eigenvalue weighted by molar-refractivity contribution is 5.99. The number of hydrogen-bond acceptors (Lipinski definition) is 5. The van der Waals surface area contributed by atoms with Crippen molar-refractivity contribution in [3.05, 3.63) is 76.2 Å². The first-order valence-electron chi connectivity index (χ1n) is 9.53. The highest BCUT2D eigenvalue weighted by atomic mass is 16.5. The molecule has 0 radical (unpaired) electrons. The number of phenolic OH excluding ortho intramolecular Hbond substituents is 2. The van der Waals surface area contributed by atoms with Crippen molar-refractivity contribution in [3.8, 4) is 28.4 Å². The SMILES string of the molecule is C=C(C)C=Cc1c(O)c2c(c3c(=O)c(-c4ccc(O)cc4)coc13)OC(C)(C)C=C2. The molecule has 4 rings (SSSR count). The first kappa shape index (κ1) is 19.6. The second-order valence-electron chi connectivity index (χ2n) is 7.95. The number of rotatable bonds is 3. The summed E-state index contributed by atoms with van der Waals surface area (Å²) in [5.41, 5.74) is 1.85. The molecule has 0 saturated carbocycles. The zero-order chi connectivity index (χ0) is 21.6. The molecule has 5 heteroatoms. The van der Waals surface area contributed by atoms with E-state index >= 15 is 0 Å². The minimum atomic E-state index is -0.650. The highest BCUT2D eigenvalue weighted by Gasteiger charge is 2.30. The van der Waals surface area contributed by atoms with Gasteiger partial charge in [0, 0.05) is 0 Å². The average molecular weight is 402 g/mol. The van der Waals surface area contributed by atoms with Gasteiger partial charge in [-0.15, -0.1) is 0 Å². The quantitative estimate of drug-likeness (QED) is 0.554. The van der Waals surface area contributed by atoms with Gasteiger partial charge in [-0.05, 0) is 56.7 Å². The maximum atomic E-state index is 13.5. The third-order valence-electron chi connectivity index (χ3n) is 4.95. The topological polar surface area (TPSA) is 79.9 Å². The number of aromatic hydroxyl groups is 2. The molecule has 152 valence electrons. The van der Waals surface area contributed by atoms with E-state index in [0.717, 1.165) is 5.57 Å². The molecule has 5 nitrogen and oxygen atoms in total. The van der Waals surface area contributed by atoms with Gasteiger partial charge >= 0.3 is 0 Å². The first-order valence-corrected chi connectivity index (χ1v) is 9.53. The van der Waals surface area contributed by atoms with E-state index in [1.807, 2.05) is 26.8 Å². The van der Waals surface area contributed by atoms with E-state index in [0.29, 0.717) is 22.3 Å². The van der Waals surface area contributed by atoms with Crippen molar-refractivity contribution in [2.24, 2.45) is 0 Å². The van der Waals surface area contributed by atoms with Crippen LogP contribution in [0.5, 0.6) is 17.2 Å². The molecular formula is C25H22O5. The molecule has 0 fully saturated rings. The molecule has 0 spiro atoms. The summed E-state index contributed by atoms with van der Waals surface area (Å²) in [7, 11) is 0. The van der Waals surface area contributed by atoms with Crippen molar-refractivity contribution in [2.45, 2.75) is 26.4 Å². The highest BCUT2D eigenvalue weighted by Crippen LogP contribution is 2.45. The molecular weight excluding hydrogens is 380 g/mol. The Morgan fingerprint density at radius 2 is 1.87 bits per heavy atom. The molecule has 0 bridgehead atoms. The zero-order valence-electron chi connectivity index (χ0n) is 17.0. The number of phenols is 2. The van der Waals surface area contributed by atoms with Gasteiger partial charge < -0.3 is 19.4 Å². The van der Waals surface area contributed by atoms with Crippen molar-refractivity contribution in [2.75, 3.05) is 0 Å². The number of fused-ring (bicyclic) bond motifs is 3. The normalized spacial score (nSPS) is 14.6. The Labute approximate surface area is 173 Å². The molecule has 1 aliphatic rings. The lowest BCUT2D eigenvalue weighted by molar-refractivity contribution is 0.160. The summed E-state index contributed by atoms with van der Waals surface area (Å²) in [5, 5.41) is 20.7. The van der Waals surface area contributed by atoms with Crippen LogP contribution in [0.3, 0.4) is 0 Å². The van der Waals surface area contributed by atoms with E-state index in [1.165, 1.54) is 18.4 Å². The van der Waals surface area contributed by atoms with Gasteiger partial charge in [0.15, 0.2) is 5.58 Å². The summed E-state index contributed by atoms with van der Waals surface area (Å²) in [4.78, 5) is 13.5. The Hall–Kier alpha value is -3.73. The monoisotopic (exact) mass is 402 g/mol. The van der Waals surface area contributed by atoms with Crippen molar-refractivity contribution in [1.29, 1.82) is 0 Å². The lowest BCUT2D eigenvalue weighted by atomic mass is 9.95. The van der Waals surface area contributed by atoms with Crippen LogP contribution in [0.4, 0.5) is 0 Å². The average Bonchev–Trinajstić information content (AvgIpc) is 2.67. The fourth-order valence-electron chi connectivity index (χ4n) is 3.43. The molecule has 3 aromatic rings. The second kappa shape index (κ2) is 6.95. The van der Waals surface area contributed by atoms with Gasteiger partial charge in [0.2, 0.25) is 5.43 Å². The predicted octanol–water partition coefficient (Wildman–Crippen LogP) is 5.64. The summed E-state index contributed by atoms with van der Waals surface area (Å²) in [6.45, 7) is 9.42. The van der Waals surface area contributed by atoms with Gasteiger partial charge in [-0.25, -0.2) is 0 Å². The molecule has 0 saturated heterocycles.